The first-order chi connectivity index (χ1) is 8.77. The Hall–Kier alpha value is -0.570. The number of nitrogens with zero attached hydrogens (tertiary/aromatic N) is 1. The minimum atomic E-state index is 0.330. The Bertz CT molecular complexity index is 255. The summed E-state index contributed by atoms with van der Waals surface area (Å²) in [6, 6.07) is 0. The number of hydrogen-bond donors (Lipinski definition) is 1. The van der Waals surface area contributed by atoms with E-state index in [0.717, 1.165) is 38.4 Å². The zero-order valence-electron chi connectivity index (χ0n) is 11.8. The molecule has 0 unspecified atom stereocenters. The molecule has 1 N–H and O–H groups in total. The average Bonchev–Trinajstić information content (AvgIpc) is 2.46. The lowest BCUT2D eigenvalue weighted by molar-refractivity contribution is -0.135. The van der Waals surface area contributed by atoms with Crippen molar-refractivity contribution in [3.05, 3.63) is 0 Å². The van der Waals surface area contributed by atoms with Gasteiger partial charge in [-0.05, 0) is 51.1 Å². The molecule has 0 bridgehead atoms. The quantitative estimate of drug-likeness (QED) is 0.833. The Labute approximate surface area is 111 Å². The minimum Gasteiger partial charge on any atom is -0.346 e. The van der Waals surface area contributed by atoms with Crippen LogP contribution in [-0.4, -0.2) is 37.5 Å². The van der Waals surface area contributed by atoms with E-state index in [4.69, 9.17) is 0 Å². The predicted molar refractivity (Wildman–Crippen MR) is 74.4 cm³/mol. The van der Waals surface area contributed by atoms with E-state index in [0.29, 0.717) is 11.8 Å². The van der Waals surface area contributed by atoms with Crippen molar-refractivity contribution in [1.82, 2.24) is 10.2 Å². The maximum atomic E-state index is 12.3. The van der Waals surface area contributed by atoms with Gasteiger partial charge in [-0.15, -0.1) is 0 Å². The summed E-state index contributed by atoms with van der Waals surface area (Å²) in [5.74, 6) is 1.56. The van der Waals surface area contributed by atoms with Crippen LogP contribution in [0.1, 0.15) is 51.4 Å². The van der Waals surface area contributed by atoms with Crippen molar-refractivity contribution in [2.24, 2.45) is 11.8 Å². The molecular formula is C15H28N2O. The van der Waals surface area contributed by atoms with E-state index in [9.17, 15) is 4.79 Å². The van der Waals surface area contributed by atoms with Crippen molar-refractivity contribution in [1.29, 1.82) is 0 Å². The summed E-state index contributed by atoms with van der Waals surface area (Å²) >= 11 is 0. The summed E-state index contributed by atoms with van der Waals surface area (Å²) in [7, 11) is 2.00. The monoisotopic (exact) mass is 252 g/mol. The van der Waals surface area contributed by atoms with Crippen molar-refractivity contribution in [2.45, 2.75) is 51.4 Å². The summed E-state index contributed by atoms with van der Waals surface area (Å²) in [4.78, 5) is 14.3. The summed E-state index contributed by atoms with van der Waals surface area (Å²) in [6.07, 6.45) is 9.82. The highest BCUT2D eigenvalue weighted by molar-refractivity contribution is 5.78. The summed E-state index contributed by atoms with van der Waals surface area (Å²) < 4.78 is 0. The molecule has 1 amide bonds. The van der Waals surface area contributed by atoms with E-state index in [-0.39, 0.29) is 0 Å². The van der Waals surface area contributed by atoms with Gasteiger partial charge in [0.2, 0.25) is 5.91 Å². The van der Waals surface area contributed by atoms with Crippen LogP contribution in [0, 0.1) is 11.8 Å². The standard InChI is InChI=1S/C15H28N2O/c1-17(12-9-13-7-10-16-11-8-13)15(18)14-5-3-2-4-6-14/h13-14,16H,2-12H2,1H3. The third-order valence-corrected chi connectivity index (χ3v) is 4.66. The van der Waals surface area contributed by atoms with E-state index in [1.807, 2.05) is 11.9 Å². The third-order valence-electron chi connectivity index (χ3n) is 4.66. The van der Waals surface area contributed by atoms with Crippen LogP contribution in [0.25, 0.3) is 0 Å². The van der Waals surface area contributed by atoms with Gasteiger partial charge < -0.3 is 10.2 Å². The lowest BCUT2D eigenvalue weighted by Crippen LogP contribution is -2.36. The second-order valence-corrected chi connectivity index (χ2v) is 6.08. The van der Waals surface area contributed by atoms with Crippen LogP contribution in [0.2, 0.25) is 0 Å². The van der Waals surface area contributed by atoms with Gasteiger partial charge in [0.25, 0.3) is 0 Å². The predicted octanol–water partition coefficient (Wildman–Crippen LogP) is 2.41. The molecule has 2 aliphatic rings. The second kappa shape index (κ2) is 7.13. The highest BCUT2D eigenvalue weighted by Gasteiger charge is 2.24. The molecule has 1 aliphatic heterocycles. The first-order valence-electron chi connectivity index (χ1n) is 7.73. The Balaban J connectivity index is 1.69. The van der Waals surface area contributed by atoms with Crippen molar-refractivity contribution in [2.75, 3.05) is 26.7 Å². The van der Waals surface area contributed by atoms with Crippen LogP contribution in [0.15, 0.2) is 0 Å². The van der Waals surface area contributed by atoms with Gasteiger partial charge in [-0.3, -0.25) is 4.79 Å². The first-order valence-corrected chi connectivity index (χ1v) is 7.73. The molecule has 1 saturated heterocycles. The van der Waals surface area contributed by atoms with Gasteiger partial charge in [-0.2, -0.15) is 0 Å². The van der Waals surface area contributed by atoms with Gasteiger partial charge in [-0.1, -0.05) is 19.3 Å². The van der Waals surface area contributed by atoms with E-state index >= 15 is 0 Å². The van der Waals surface area contributed by atoms with Crippen LogP contribution in [0.4, 0.5) is 0 Å². The van der Waals surface area contributed by atoms with Gasteiger partial charge in [0.1, 0.15) is 0 Å². The molecule has 2 fully saturated rings. The highest BCUT2D eigenvalue weighted by atomic mass is 16.2. The van der Waals surface area contributed by atoms with Gasteiger partial charge in [0, 0.05) is 19.5 Å². The molecule has 0 aromatic carbocycles. The number of rotatable bonds is 4. The molecule has 0 aromatic rings. The Morgan fingerprint density at radius 3 is 2.44 bits per heavy atom. The topological polar surface area (TPSA) is 32.3 Å². The molecule has 18 heavy (non-hydrogen) atoms. The summed E-state index contributed by atoms with van der Waals surface area (Å²) in [5.41, 5.74) is 0. The molecule has 3 nitrogen and oxygen atoms in total. The van der Waals surface area contributed by atoms with Crippen molar-refractivity contribution < 1.29 is 4.79 Å². The van der Waals surface area contributed by atoms with Crippen LogP contribution in [0.3, 0.4) is 0 Å². The van der Waals surface area contributed by atoms with Crippen LogP contribution in [0.5, 0.6) is 0 Å². The van der Waals surface area contributed by atoms with E-state index < -0.39 is 0 Å². The van der Waals surface area contributed by atoms with Crippen LogP contribution >= 0.6 is 0 Å². The van der Waals surface area contributed by atoms with Crippen molar-refractivity contribution in [3.8, 4) is 0 Å². The van der Waals surface area contributed by atoms with E-state index in [1.165, 1.54) is 38.5 Å². The molecule has 104 valence electrons. The molecule has 0 radical (unpaired) electrons. The molecular weight excluding hydrogens is 224 g/mol. The van der Waals surface area contributed by atoms with Crippen LogP contribution < -0.4 is 5.32 Å². The number of carbonyl (C=O) groups is 1. The fourth-order valence-corrected chi connectivity index (χ4v) is 3.32. The molecule has 0 spiro atoms. The summed E-state index contributed by atoms with van der Waals surface area (Å²) in [6.45, 7) is 3.27. The molecule has 1 heterocycles. The normalized spacial score (nSPS) is 22.9. The fraction of sp³-hybridized carbons (Fsp3) is 0.933. The molecule has 2 rings (SSSR count). The molecule has 1 saturated carbocycles. The summed E-state index contributed by atoms with van der Waals surface area (Å²) in [5, 5.41) is 3.40. The SMILES string of the molecule is CN(CCC1CCNCC1)C(=O)C1CCCCC1. The van der Waals surface area contributed by atoms with Gasteiger partial charge >= 0.3 is 0 Å². The second-order valence-electron chi connectivity index (χ2n) is 6.08. The zero-order chi connectivity index (χ0) is 12.8. The average molecular weight is 252 g/mol. The largest absolute Gasteiger partial charge is 0.346 e. The zero-order valence-corrected chi connectivity index (χ0v) is 11.8. The fourth-order valence-electron chi connectivity index (χ4n) is 3.32. The highest BCUT2D eigenvalue weighted by Crippen LogP contribution is 2.25. The van der Waals surface area contributed by atoms with Crippen LogP contribution in [-0.2, 0) is 4.79 Å². The van der Waals surface area contributed by atoms with E-state index in [2.05, 4.69) is 5.32 Å². The third kappa shape index (κ3) is 3.98. The van der Waals surface area contributed by atoms with Gasteiger partial charge in [0.15, 0.2) is 0 Å². The smallest absolute Gasteiger partial charge is 0.225 e. The maximum absolute atomic E-state index is 12.3. The number of hydrogen-bond acceptors (Lipinski definition) is 2. The van der Waals surface area contributed by atoms with E-state index in [1.54, 1.807) is 0 Å². The number of carbonyl (C=O) groups excluding carboxylic acids is 1. The number of piperidine rings is 1. The lowest BCUT2D eigenvalue weighted by atomic mass is 9.88. The number of nitrogens with one attached hydrogen (secondary N) is 1. The van der Waals surface area contributed by atoms with Crippen molar-refractivity contribution >= 4 is 5.91 Å². The van der Waals surface area contributed by atoms with Gasteiger partial charge in [-0.25, -0.2) is 0 Å². The lowest BCUT2D eigenvalue weighted by Gasteiger charge is -2.29. The maximum Gasteiger partial charge on any atom is 0.225 e. The van der Waals surface area contributed by atoms with Gasteiger partial charge in [0.05, 0.1) is 0 Å². The van der Waals surface area contributed by atoms with Crippen molar-refractivity contribution in [3.63, 3.8) is 0 Å². The first kappa shape index (κ1) is 13.9. The Kier molecular flexibility index (Phi) is 5.48. The number of amides is 1. The Morgan fingerprint density at radius 1 is 1.11 bits per heavy atom. The molecule has 3 heteroatoms. The molecule has 0 aromatic heterocycles. The Morgan fingerprint density at radius 2 is 1.78 bits per heavy atom. The minimum absolute atomic E-state index is 0.330. The molecule has 0 atom stereocenters. The molecule has 1 aliphatic carbocycles.